The molecule has 0 aromatic heterocycles. The third-order valence-electron chi connectivity index (χ3n) is 8.56. The molecule has 5 nitrogen and oxygen atoms in total. The van der Waals surface area contributed by atoms with Crippen LogP contribution in [0, 0.1) is 23.2 Å². The van der Waals surface area contributed by atoms with Crippen LogP contribution in [0.15, 0.2) is 0 Å². The quantitative estimate of drug-likeness (QED) is 0.386. The van der Waals surface area contributed by atoms with Gasteiger partial charge in [-0.25, -0.2) is 0 Å². The van der Waals surface area contributed by atoms with Gasteiger partial charge in [0.1, 0.15) is 17.8 Å². The second kappa shape index (κ2) is 11.2. The van der Waals surface area contributed by atoms with Crippen molar-refractivity contribution < 1.29 is 14.4 Å². The smallest absolute Gasteiger partial charge is 0.298 e. The number of ketones is 1. The van der Waals surface area contributed by atoms with Gasteiger partial charge in [-0.2, -0.15) is 0 Å². The van der Waals surface area contributed by atoms with Gasteiger partial charge in [0.25, 0.3) is 7.41 Å². The minimum atomic E-state index is -0.743. The largest absolute Gasteiger partial charge is 0.342 e. The monoisotopic (exact) mass is 461 g/mol. The average molecular weight is 462 g/mol. The molecule has 1 aliphatic rings. The molecule has 0 saturated carbocycles. The average Bonchev–Trinajstić information content (AvgIpc) is 2.71. The first-order valence-electron chi connectivity index (χ1n) is 12.9. The van der Waals surface area contributed by atoms with Crippen LogP contribution in [-0.2, 0) is 14.4 Å². The van der Waals surface area contributed by atoms with Gasteiger partial charge in [0, 0.05) is 18.0 Å². The number of carbonyl (C=O) groups is 3. The normalized spacial score (nSPS) is 29.8. The van der Waals surface area contributed by atoms with Gasteiger partial charge in [-0.1, -0.05) is 41.5 Å². The van der Waals surface area contributed by atoms with E-state index in [0.717, 1.165) is 32.1 Å². The Hall–Kier alpha value is -1.01. The summed E-state index contributed by atoms with van der Waals surface area (Å²) in [6.45, 7) is 23.6. The van der Waals surface area contributed by atoms with E-state index in [-0.39, 0.29) is 28.3 Å². The van der Waals surface area contributed by atoms with Gasteiger partial charge in [-0.15, -0.1) is 0 Å². The summed E-state index contributed by atoms with van der Waals surface area (Å²) in [6, 6.07) is 0. The fraction of sp³-hybridized carbons (Fsp3) is 0.889. The number of nitrogens with one attached hydrogen (secondary N) is 1. The molecule has 1 fully saturated rings. The molecule has 1 heterocycles. The van der Waals surface area contributed by atoms with E-state index in [1.165, 1.54) is 7.41 Å². The summed E-state index contributed by atoms with van der Waals surface area (Å²) in [7, 11) is 1.54. The zero-order valence-electron chi connectivity index (χ0n) is 23.3. The highest BCUT2D eigenvalue weighted by atomic mass is 16.1. The van der Waals surface area contributed by atoms with Crippen molar-refractivity contribution in [3.05, 3.63) is 0 Å². The van der Waals surface area contributed by atoms with Gasteiger partial charge < -0.3 is 14.8 Å². The molecule has 0 bridgehead atoms. The lowest BCUT2D eigenvalue weighted by atomic mass is 9.64. The van der Waals surface area contributed by atoms with Crippen molar-refractivity contribution >= 4 is 25.2 Å². The van der Waals surface area contributed by atoms with Crippen LogP contribution in [0.5, 0.6) is 0 Å². The van der Waals surface area contributed by atoms with Crippen molar-refractivity contribution in [2.75, 3.05) is 6.54 Å². The Morgan fingerprint density at radius 3 is 2.09 bits per heavy atom. The molecule has 1 saturated heterocycles. The number of hydrogen-bond acceptors (Lipinski definition) is 5. The van der Waals surface area contributed by atoms with Crippen LogP contribution in [0.3, 0.4) is 0 Å². The third kappa shape index (κ3) is 7.00. The summed E-state index contributed by atoms with van der Waals surface area (Å²) >= 11 is 0. The number of hydrogen-bond donors (Lipinski definition) is 1. The van der Waals surface area contributed by atoms with E-state index in [1.807, 2.05) is 20.8 Å². The molecule has 33 heavy (non-hydrogen) atoms. The minimum absolute atomic E-state index is 0.000974. The Balaban J connectivity index is 3.39. The number of aldehydes is 1. The predicted molar refractivity (Wildman–Crippen MR) is 138 cm³/mol. The highest BCUT2D eigenvalue weighted by Gasteiger charge is 2.48. The number of nitrogens with zero attached hydrogens (tertiary/aromatic N) is 1. The van der Waals surface area contributed by atoms with E-state index >= 15 is 0 Å². The minimum Gasteiger partial charge on any atom is -0.342 e. The molecule has 0 aromatic rings. The number of rotatable bonds is 9. The second-order valence-electron chi connectivity index (χ2n) is 12.5. The van der Waals surface area contributed by atoms with Gasteiger partial charge in [0.15, 0.2) is 0 Å². The van der Waals surface area contributed by atoms with E-state index in [4.69, 9.17) is 0 Å². The van der Waals surface area contributed by atoms with Crippen molar-refractivity contribution in [3.63, 3.8) is 0 Å². The Kier molecular flexibility index (Phi) is 10.2. The standard InChI is InChI=1S/C27H50BN2O3/c1-12-26(10,21(5)32)29-28-23(33)27(11,13-2)30-16-20(4)14-19(3)15-22(17-31)24(6,7)18-25(30,8)9/h17,19-20,22,29H,12-16,18H2,1-11H3. The van der Waals surface area contributed by atoms with Crippen LogP contribution in [0.25, 0.3) is 0 Å². The fourth-order valence-corrected chi connectivity index (χ4v) is 5.95. The fourth-order valence-electron chi connectivity index (χ4n) is 5.95. The maximum absolute atomic E-state index is 13.7. The van der Waals surface area contributed by atoms with Crippen LogP contribution >= 0.6 is 0 Å². The maximum Gasteiger partial charge on any atom is 0.298 e. The predicted octanol–water partition coefficient (Wildman–Crippen LogP) is 5.03. The zero-order chi connectivity index (χ0) is 25.8. The van der Waals surface area contributed by atoms with Gasteiger partial charge >= 0.3 is 0 Å². The molecule has 0 amide bonds. The zero-order valence-corrected chi connectivity index (χ0v) is 23.3. The van der Waals surface area contributed by atoms with Crippen LogP contribution in [0.4, 0.5) is 0 Å². The van der Waals surface area contributed by atoms with Crippen molar-refractivity contribution in [2.45, 2.75) is 125 Å². The van der Waals surface area contributed by atoms with Gasteiger partial charge in [-0.05, 0) is 84.0 Å². The first kappa shape index (κ1) is 30.0. The lowest BCUT2D eigenvalue weighted by Gasteiger charge is -2.54. The first-order chi connectivity index (χ1) is 15.0. The highest BCUT2D eigenvalue weighted by molar-refractivity contribution is 6.74. The Bertz CT molecular complexity index is 707. The molecule has 1 N–H and O–H groups in total. The van der Waals surface area contributed by atoms with Crippen LogP contribution < -0.4 is 5.23 Å². The second-order valence-corrected chi connectivity index (χ2v) is 12.5. The summed E-state index contributed by atoms with van der Waals surface area (Å²) in [6.07, 6.45) is 5.19. The number of carbonyl (C=O) groups excluding carboxylic acids is 3. The Morgan fingerprint density at radius 1 is 1.06 bits per heavy atom. The molecule has 1 radical (unpaired) electrons. The molecule has 0 aromatic carbocycles. The van der Waals surface area contributed by atoms with Crippen molar-refractivity contribution in [3.8, 4) is 0 Å². The molecule has 1 rings (SSSR count). The molecule has 189 valence electrons. The van der Waals surface area contributed by atoms with E-state index < -0.39 is 11.1 Å². The van der Waals surface area contributed by atoms with E-state index in [2.05, 4.69) is 58.6 Å². The van der Waals surface area contributed by atoms with Crippen LogP contribution in [0.1, 0.15) is 108 Å². The third-order valence-corrected chi connectivity index (χ3v) is 8.56. The Morgan fingerprint density at radius 2 is 1.64 bits per heavy atom. The highest BCUT2D eigenvalue weighted by Crippen LogP contribution is 2.44. The first-order valence-corrected chi connectivity index (χ1v) is 12.9. The molecule has 5 atom stereocenters. The topological polar surface area (TPSA) is 66.5 Å². The van der Waals surface area contributed by atoms with Gasteiger partial charge in [-0.3, -0.25) is 9.69 Å². The van der Waals surface area contributed by atoms with E-state index in [0.29, 0.717) is 24.7 Å². The summed E-state index contributed by atoms with van der Waals surface area (Å²) in [5, 5.41) is 3.16. The maximum atomic E-state index is 13.7. The summed E-state index contributed by atoms with van der Waals surface area (Å²) < 4.78 is 0. The molecule has 5 unspecified atom stereocenters. The van der Waals surface area contributed by atoms with Crippen LogP contribution in [0.2, 0.25) is 0 Å². The summed E-state index contributed by atoms with van der Waals surface area (Å²) in [4.78, 5) is 40.4. The van der Waals surface area contributed by atoms with Gasteiger partial charge in [0.05, 0.1) is 11.1 Å². The summed E-state index contributed by atoms with van der Waals surface area (Å²) in [5.74, 6) is 0.875. The van der Waals surface area contributed by atoms with Crippen molar-refractivity contribution in [2.24, 2.45) is 23.2 Å². The lowest BCUT2D eigenvalue weighted by molar-refractivity contribution is -0.132. The lowest BCUT2D eigenvalue weighted by Crippen LogP contribution is -2.66. The molecule has 0 spiro atoms. The molecular weight excluding hydrogens is 411 g/mol. The number of Topliss-reactive ketones (excluding diaryl/α,β-unsaturated/α-hetero) is 1. The van der Waals surface area contributed by atoms with Gasteiger partial charge in [0.2, 0.25) is 0 Å². The SMILES string of the molecule is CCC(C)(N[B]C(=O)C(C)(CC)N1CC(C)CC(C)CC(C=O)C(C)(C)CC1(C)C)C(C)=O. The molecule has 1 aliphatic heterocycles. The van der Waals surface area contributed by atoms with Crippen molar-refractivity contribution in [1.82, 2.24) is 10.1 Å². The molecular formula is C27H50BN2O3. The van der Waals surface area contributed by atoms with Crippen molar-refractivity contribution in [1.29, 1.82) is 0 Å². The van der Waals surface area contributed by atoms with Crippen LogP contribution in [-0.4, -0.2) is 53.2 Å². The molecule has 0 aliphatic carbocycles. The Labute approximate surface area is 204 Å². The van der Waals surface area contributed by atoms with E-state index in [1.54, 1.807) is 6.92 Å². The summed E-state index contributed by atoms with van der Waals surface area (Å²) in [5.41, 5.74) is -1.92. The molecule has 6 heteroatoms. The van der Waals surface area contributed by atoms with E-state index in [9.17, 15) is 14.4 Å².